The number of aryl methyl sites for hydroxylation is 2. The van der Waals surface area contributed by atoms with Gasteiger partial charge in [0, 0.05) is 62.2 Å². The van der Waals surface area contributed by atoms with Gasteiger partial charge in [-0.1, -0.05) is 19.1 Å². The summed E-state index contributed by atoms with van der Waals surface area (Å²) in [6, 6.07) is 17.3. The number of fused-ring (bicyclic) bond motifs is 4. The molecule has 2 aromatic heterocycles. The molecule has 4 aliphatic rings. The third-order valence-corrected chi connectivity index (χ3v) is 11.3. The average molecular weight is 799 g/mol. The minimum absolute atomic E-state index is 0.0261. The van der Waals surface area contributed by atoms with Gasteiger partial charge in [-0.25, -0.2) is 9.97 Å². The molecule has 8 nitrogen and oxygen atoms in total. The summed E-state index contributed by atoms with van der Waals surface area (Å²) in [6.45, 7) is 6.64. The van der Waals surface area contributed by atoms with Gasteiger partial charge in [-0.3, -0.25) is 0 Å². The predicted molar refractivity (Wildman–Crippen MR) is 204 cm³/mol. The molecule has 0 saturated carbocycles. The van der Waals surface area contributed by atoms with Gasteiger partial charge in [0.25, 0.3) is 0 Å². The van der Waals surface area contributed by atoms with Crippen LogP contribution >= 0.6 is 0 Å². The zero-order chi connectivity index (χ0) is 40.5. The highest BCUT2D eigenvalue weighted by Crippen LogP contribution is 2.43. The molecule has 2 unspecified atom stereocenters. The number of aromatic nitrogens is 2. The quantitative estimate of drug-likeness (QED) is 0.168. The van der Waals surface area contributed by atoms with E-state index in [0.717, 1.165) is 105 Å². The number of phenols is 1. The van der Waals surface area contributed by atoms with Gasteiger partial charge in [0.05, 0.1) is 17.7 Å². The third kappa shape index (κ3) is 9.31. The summed E-state index contributed by atoms with van der Waals surface area (Å²) in [5.41, 5.74) is 0.641. The Labute approximate surface area is 328 Å². The number of hydrogen-bond donors (Lipinski definition) is 1. The van der Waals surface area contributed by atoms with Gasteiger partial charge in [0.2, 0.25) is 0 Å². The lowest BCUT2D eigenvalue weighted by atomic mass is 9.99. The molecule has 306 valence electrons. The summed E-state index contributed by atoms with van der Waals surface area (Å²) in [5.74, 6) is 3.36. The lowest BCUT2D eigenvalue weighted by Gasteiger charge is -2.39. The molecule has 6 heterocycles. The van der Waals surface area contributed by atoms with Crippen molar-refractivity contribution < 1.29 is 45.7 Å². The normalized spacial score (nSPS) is 24.2. The standard InChI is InChI=1S/C23H27F3N2O2.C20H21F3N2O2/c1-3-10-29-21-11-15(2)4-8-20(21)30-19-12-17-6-7-18(13-19)28(17)22-9-5-16(14-27-22)23(24,25)26;1-12-2-6-18(17(26)8-12)27-16-9-14-4-5-15(10-16)25(14)19-7-3-13(11-24-19)20(21,22)23/h4-5,8-9,11,14,17-19H,3,6-7,10,12-13H2,1-2H3;2-3,6-8,11,14-16,26H,4-5,9-10H2,1H3/t17-,18+,19?;14-,15+,16?. The maximum atomic E-state index is 12.8. The summed E-state index contributed by atoms with van der Waals surface area (Å²) in [5, 5.41) is 10.1. The summed E-state index contributed by atoms with van der Waals surface area (Å²) < 4.78 is 95.0. The van der Waals surface area contributed by atoms with Crippen molar-refractivity contribution in [1.29, 1.82) is 0 Å². The van der Waals surface area contributed by atoms with Crippen molar-refractivity contribution in [3.8, 4) is 23.0 Å². The molecular weight excluding hydrogens is 750 g/mol. The second kappa shape index (κ2) is 16.5. The van der Waals surface area contributed by atoms with Crippen molar-refractivity contribution in [2.24, 2.45) is 0 Å². The second-order valence-electron chi connectivity index (χ2n) is 15.6. The average Bonchev–Trinajstić information content (AvgIpc) is 3.59. The first-order chi connectivity index (χ1) is 27.2. The summed E-state index contributed by atoms with van der Waals surface area (Å²) in [7, 11) is 0. The number of nitrogens with zero attached hydrogens (tertiary/aromatic N) is 4. The summed E-state index contributed by atoms with van der Waals surface area (Å²) in [6.07, 6.45) is 1.14. The molecule has 4 aliphatic heterocycles. The highest BCUT2D eigenvalue weighted by molar-refractivity contribution is 5.48. The topological polar surface area (TPSA) is 80.2 Å². The van der Waals surface area contributed by atoms with E-state index in [4.69, 9.17) is 14.2 Å². The van der Waals surface area contributed by atoms with E-state index >= 15 is 0 Å². The Morgan fingerprint density at radius 2 is 1.05 bits per heavy atom. The largest absolute Gasteiger partial charge is 0.504 e. The van der Waals surface area contributed by atoms with Crippen LogP contribution in [0.25, 0.3) is 0 Å². The van der Waals surface area contributed by atoms with Crippen molar-refractivity contribution in [2.45, 2.75) is 127 Å². The molecule has 4 fully saturated rings. The Morgan fingerprint density at radius 3 is 1.46 bits per heavy atom. The molecule has 14 heteroatoms. The number of halogens is 6. The van der Waals surface area contributed by atoms with E-state index in [1.54, 1.807) is 12.1 Å². The Kier molecular flexibility index (Phi) is 11.7. The molecule has 6 atom stereocenters. The number of anilines is 2. The number of benzene rings is 2. The van der Waals surface area contributed by atoms with Crippen molar-refractivity contribution in [3.05, 3.63) is 95.3 Å². The van der Waals surface area contributed by atoms with Crippen LogP contribution in [0.3, 0.4) is 0 Å². The third-order valence-electron chi connectivity index (χ3n) is 11.3. The molecule has 1 N–H and O–H groups in total. The van der Waals surface area contributed by atoms with Crippen LogP contribution in [-0.4, -0.2) is 58.1 Å². The highest BCUT2D eigenvalue weighted by Gasteiger charge is 2.44. The molecule has 4 bridgehead atoms. The fourth-order valence-corrected chi connectivity index (χ4v) is 8.73. The smallest absolute Gasteiger partial charge is 0.417 e. The van der Waals surface area contributed by atoms with E-state index < -0.39 is 23.5 Å². The molecule has 0 radical (unpaired) electrons. The molecule has 2 aromatic carbocycles. The van der Waals surface area contributed by atoms with E-state index in [1.807, 2.05) is 38.1 Å². The Bertz CT molecular complexity index is 1950. The maximum absolute atomic E-state index is 12.8. The van der Waals surface area contributed by atoms with Crippen LogP contribution in [0.5, 0.6) is 23.0 Å². The summed E-state index contributed by atoms with van der Waals surface area (Å²) >= 11 is 0. The van der Waals surface area contributed by atoms with Crippen molar-refractivity contribution in [1.82, 2.24) is 9.97 Å². The minimum Gasteiger partial charge on any atom is -0.504 e. The zero-order valence-electron chi connectivity index (χ0n) is 32.2. The number of phenolic OH excluding ortho intramolecular Hbond substituents is 1. The van der Waals surface area contributed by atoms with Crippen molar-refractivity contribution >= 4 is 11.6 Å². The van der Waals surface area contributed by atoms with Gasteiger partial charge < -0.3 is 29.1 Å². The molecule has 57 heavy (non-hydrogen) atoms. The summed E-state index contributed by atoms with van der Waals surface area (Å²) in [4.78, 5) is 12.5. The number of piperidine rings is 2. The molecule has 0 aliphatic carbocycles. The fourth-order valence-electron chi connectivity index (χ4n) is 8.73. The molecule has 8 rings (SSSR count). The molecule has 4 saturated heterocycles. The van der Waals surface area contributed by atoms with Crippen LogP contribution in [0.15, 0.2) is 73.1 Å². The number of aromatic hydroxyl groups is 1. The van der Waals surface area contributed by atoms with Crippen LogP contribution in [0, 0.1) is 13.8 Å². The number of pyridine rings is 2. The highest BCUT2D eigenvalue weighted by atomic mass is 19.4. The second-order valence-corrected chi connectivity index (χ2v) is 15.6. The lowest BCUT2D eigenvalue weighted by molar-refractivity contribution is -0.138. The van der Waals surface area contributed by atoms with Gasteiger partial charge >= 0.3 is 12.4 Å². The van der Waals surface area contributed by atoms with Gasteiger partial charge in [-0.2, -0.15) is 26.3 Å². The SMILES string of the molecule is CCCOc1cc(C)ccc1OC1C[C@H]2CC[C@@H](C1)N2c1ccc(C(F)(F)F)cn1.Cc1ccc(OC2C[C@H]3CC[C@@H](C2)N3c2ccc(C(F)(F)F)cn2)c(O)c1. The zero-order valence-corrected chi connectivity index (χ0v) is 32.2. The lowest BCUT2D eigenvalue weighted by Crippen LogP contribution is -2.46. The maximum Gasteiger partial charge on any atom is 0.417 e. The first-order valence-electron chi connectivity index (χ1n) is 19.7. The first-order valence-corrected chi connectivity index (χ1v) is 19.7. The van der Waals surface area contributed by atoms with Gasteiger partial charge in [0.15, 0.2) is 23.0 Å². The van der Waals surface area contributed by atoms with Crippen molar-refractivity contribution in [3.63, 3.8) is 0 Å². The van der Waals surface area contributed by atoms with Crippen molar-refractivity contribution in [2.75, 3.05) is 16.4 Å². The van der Waals surface area contributed by atoms with Crippen LogP contribution in [-0.2, 0) is 12.4 Å². The van der Waals surface area contributed by atoms with Gasteiger partial charge in [-0.15, -0.1) is 0 Å². The number of hydrogen-bond acceptors (Lipinski definition) is 8. The Morgan fingerprint density at radius 1 is 0.614 bits per heavy atom. The first kappa shape index (κ1) is 40.3. The van der Waals surface area contributed by atoms with Crippen LogP contribution in [0.1, 0.15) is 87.0 Å². The monoisotopic (exact) mass is 798 g/mol. The molecular formula is C43H48F6N4O4. The number of ether oxygens (including phenoxy) is 3. The van der Waals surface area contributed by atoms with Gasteiger partial charge in [0.1, 0.15) is 23.8 Å². The van der Waals surface area contributed by atoms with E-state index in [-0.39, 0.29) is 42.1 Å². The molecule has 0 amide bonds. The van der Waals surface area contributed by atoms with Crippen LogP contribution in [0.2, 0.25) is 0 Å². The van der Waals surface area contributed by atoms with E-state index in [0.29, 0.717) is 24.0 Å². The molecule has 0 spiro atoms. The molecule has 4 aromatic rings. The predicted octanol–water partition coefficient (Wildman–Crippen LogP) is 10.5. The Hall–Kier alpha value is -4.88. The van der Waals surface area contributed by atoms with E-state index in [1.165, 1.54) is 12.1 Å². The Balaban J connectivity index is 0.000000175. The number of rotatable bonds is 9. The number of alkyl halides is 6. The minimum atomic E-state index is -4.37. The van der Waals surface area contributed by atoms with Crippen LogP contribution in [0.4, 0.5) is 38.0 Å². The van der Waals surface area contributed by atoms with Crippen LogP contribution < -0.4 is 24.0 Å². The van der Waals surface area contributed by atoms with E-state index in [2.05, 4.69) is 26.7 Å². The fraction of sp³-hybridized carbons (Fsp3) is 0.488. The van der Waals surface area contributed by atoms with E-state index in [9.17, 15) is 31.4 Å². The van der Waals surface area contributed by atoms with Gasteiger partial charge in [-0.05, 0) is 106 Å².